The molecule has 0 unspecified atom stereocenters. The first kappa shape index (κ1) is 21.8. The van der Waals surface area contributed by atoms with Crippen molar-refractivity contribution in [2.24, 2.45) is 0 Å². The molecule has 1 N–H and O–H groups in total. The highest BCUT2D eigenvalue weighted by Crippen LogP contribution is 2.28. The first-order valence-corrected chi connectivity index (χ1v) is 11.5. The number of nitrogens with zero attached hydrogens (tertiary/aromatic N) is 3. The number of nitrogens with one attached hydrogen (secondary N) is 1. The van der Waals surface area contributed by atoms with Crippen LogP contribution in [0.3, 0.4) is 0 Å². The van der Waals surface area contributed by atoms with Crippen LogP contribution in [0.2, 0.25) is 0 Å². The van der Waals surface area contributed by atoms with E-state index >= 15 is 0 Å². The van der Waals surface area contributed by atoms with Crippen LogP contribution < -0.4 is 5.32 Å². The van der Waals surface area contributed by atoms with E-state index in [9.17, 15) is 4.79 Å². The van der Waals surface area contributed by atoms with Crippen LogP contribution in [-0.2, 0) is 11.3 Å². The molecule has 0 atom stereocenters. The molecule has 29 heavy (non-hydrogen) atoms. The molecule has 0 saturated carbocycles. The standard InChI is InChI=1S/C21H20Br2N4OS/c1-4-9-27-20(15-5-7-16(22)8-6-15)25-26-21(27)29-12-19(28)24-18-11-14(3)13(2)10-17(18)23/h4-8,10-11H,1,9,12H2,2-3H3,(H,24,28). The van der Waals surface area contributed by atoms with Gasteiger partial charge >= 0.3 is 0 Å². The number of hydrogen-bond acceptors (Lipinski definition) is 4. The Labute approximate surface area is 191 Å². The molecule has 8 heteroatoms. The van der Waals surface area contributed by atoms with Gasteiger partial charge in [-0.05, 0) is 65.2 Å². The summed E-state index contributed by atoms with van der Waals surface area (Å²) in [4.78, 5) is 12.5. The molecular formula is C21H20Br2N4OS. The highest BCUT2D eigenvalue weighted by molar-refractivity contribution is 9.10. The molecule has 3 rings (SSSR count). The zero-order chi connectivity index (χ0) is 21.0. The Balaban J connectivity index is 1.73. The summed E-state index contributed by atoms with van der Waals surface area (Å²) in [6, 6.07) is 11.9. The van der Waals surface area contributed by atoms with Gasteiger partial charge in [-0.1, -0.05) is 45.9 Å². The van der Waals surface area contributed by atoms with Crippen molar-refractivity contribution in [3.63, 3.8) is 0 Å². The Kier molecular flexibility index (Phi) is 7.32. The number of aromatic nitrogens is 3. The molecule has 1 aromatic heterocycles. The molecule has 2 aromatic carbocycles. The summed E-state index contributed by atoms with van der Waals surface area (Å²) in [7, 11) is 0. The molecule has 0 saturated heterocycles. The van der Waals surface area contributed by atoms with Gasteiger partial charge in [0.1, 0.15) is 0 Å². The van der Waals surface area contributed by atoms with Crippen molar-refractivity contribution in [3.8, 4) is 11.4 Å². The lowest BCUT2D eigenvalue weighted by Crippen LogP contribution is -2.15. The Morgan fingerprint density at radius 1 is 1.17 bits per heavy atom. The van der Waals surface area contributed by atoms with Gasteiger partial charge in [0.05, 0.1) is 11.4 Å². The van der Waals surface area contributed by atoms with E-state index in [4.69, 9.17) is 0 Å². The zero-order valence-corrected chi connectivity index (χ0v) is 20.1. The lowest BCUT2D eigenvalue weighted by atomic mass is 10.1. The normalized spacial score (nSPS) is 10.8. The molecule has 150 valence electrons. The summed E-state index contributed by atoms with van der Waals surface area (Å²) in [5, 5.41) is 12.2. The van der Waals surface area contributed by atoms with Gasteiger partial charge in [-0.25, -0.2) is 0 Å². The molecule has 0 aliphatic heterocycles. The van der Waals surface area contributed by atoms with E-state index in [0.29, 0.717) is 11.7 Å². The van der Waals surface area contributed by atoms with Gasteiger partial charge in [0, 0.05) is 21.1 Å². The molecule has 1 amide bonds. The average Bonchev–Trinajstić information content (AvgIpc) is 3.08. The summed E-state index contributed by atoms with van der Waals surface area (Å²) < 4.78 is 3.83. The average molecular weight is 536 g/mol. The maximum absolute atomic E-state index is 12.5. The fourth-order valence-corrected chi connectivity index (χ4v) is 4.26. The SMILES string of the molecule is C=CCn1c(SCC(=O)Nc2cc(C)c(C)cc2Br)nnc1-c1ccc(Br)cc1. The van der Waals surface area contributed by atoms with Crippen molar-refractivity contribution in [2.45, 2.75) is 25.5 Å². The van der Waals surface area contributed by atoms with E-state index in [2.05, 4.69) is 54.0 Å². The molecule has 0 radical (unpaired) electrons. The number of benzene rings is 2. The molecule has 0 fully saturated rings. The zero-order valence-electron chi connectivity index (χ0n) is 16.1. The Bertz CT molecular complexity index is 1050. The van der Waals surface area contributed by atoms with E-state index < -0.39 is 0 Å². The van der Waals surface area contributed by atoms with E-state index in [1.807, 2.05) is 54.8 Å². The molecule has 0 aliphatic rings. The maximum Gasteiger partial charge on any atom is 0.234 e. The number of hydrogen-bond donors (Lipinski definition) is 1. The second-order valence-corrected chi connectivity index (χ2v) is 9.18. The van der Waals surface area contributed by atoms with Gasteiger partial charge in [0.25, 0.3) is 0 Å². The Hall–Kier alpha value is -1.90. The molecule has 0 aliphatic carbocycles. The lowest BCUT2D eigenvalue weighted by Gasteiger charge is -2.11. The third kappa shape index (κ3) is 5.38. The van der Waals surface area contributed by atoms with Crippen LogP contribution >= 0.6 is 43.6 Å². The van der Waals surface area contributed by atoms with Crippen LogP contribution in [0.25, 0.3) is 11.4 Å². The van der Waals surface area contributed by atoms with Crippen molar-refractivity contribution >= 4 is 55.2 Å². The molecule has 1 heterocycles. The van der Waals surface area contributed by atoms with Gasteiger partial charge < -0.3 is 5.32 Å². The van der Waals surface area contributed by atoms with Gasteiger partial charge in [0.2, 0.25) is 5.91 Å². The quantitative estimate of drug-likeness (QED) is 0.297. The number of anilines is 1. The van der Waals surface area contributed by atoms with Gasteiger partial charge in [0.15, 0.2) is 11.0 Å². The fraction of sp³-hybridized carbons (Fsp3) is 0.190. The lowest BCUT2D eigenvalue weighted by molar-refractivity contribution is -0.113. The minimum atomic E-state index is -0.0997. The second kappa shape index (κ2) is 9.73. The summed E-state index contributed by atoms with van der Waals surface area (Å²) in [5.74, 6) is 0.879. The predicted octanol–water partition coefficient (Wildman–Crippen LogP) is 6.00. The number of thioether (sulfide) groups is 1. The number of carbonyl (C=O) groups excluding carboxylic acids is 1. The van der Waals surface area contributed by atoms with Crippen molar-refractivity contribution in [2.75, 3.05) is 11.1 Å². The number of carbonyl (C=O) groups is 1. The van der Waals surface area contributed by atoms with E-state index in [0.717, 1.165) is 31.6 Å². The van der Waals surface area contributed by atoms with E-state index in [1.54, 1.807) is 6.08 Å². The van der Waals surface area contributed by atoms with Crippen LogP contribution in [0, 0.1) is 13.8 Å². The molecule has 5 nitrogen and oxygen atoms in total. The van der Waals surface area contributed by atoms with Crippen LogP contribution in [-0.4, -0.2) is 26.4 Å². The van der Waals surface area contributed by atoms with Crippen LogP contribution in [0.4, 0.5) is 5.69 Å². The van der Waals surface area contributed by atoms with Crippen molar-refractivity contribution in [1.82, 2.24) is 14.8 Å². The molecule has 3 aromatic rings. The number of allylic oxidation sites excluding steroid dienone is 1. The maximum atomic E-state index is 12.5. The van der Waals surface area contributed by atoms with Crippen molar-refractivity contribution in [1.29, 1.82) is 0 Å². The third-order valence-electron chi connectivity index (χ3n) is 4.32. The smallest absolute Gasteiger partial charge is 0.234 e. The minimum absolute atomic E-state index is 0.0997. The highest BCUT2D eigenvalue weighted by atomic mass is 79.9. The summed E-state index contributed by atoms with van der Waals surface area (Å²) >= 11 is 8.30. The topological polar surface area (TPSA) is 59.8 Å². The first-order valence-electron chi connectivity index (χ1n) is 8.88. The monoisotopic (exact) mass is 534 g/mol. The Morgan fingerprint density at radius 3 is 2.55 bits per heavy atom. The summed E-state index contributed by atoms with van der Waals surface area (Å²) in [5.41, 5.74) is 4.02. The van der Waals surface area contributed by atoms with Crippen LogP contribution in [0.1, 0.15) is 11.1 Å². The summed E-state index contributed by atoms with van der Waals surface area (Å²) in [6.45, 7) is 8.44. The number of amides is 1. The molecule has 0 spiro atoms. The third-order valence-corrected chi connectivity index (χ3v) is 6.47. The summed E-state index contributed by atoms with van der Waals surface area (Å²) in [6.07, 6.45) is 1.79. The van der Waals surface area contributed by atoms with E-state index in [-0.39, 0.29) is 11.7 Å². The fourth-order valence-electron chi connectivity index (χ4n) is 2.69. The predicted molar refractivity (Wildman–Crippen MR) is 126 cm³/mol. The number of halogens is 2. The Morgan fingerprint density at radius 2 is 1.86 bits per heavy atom. The highest BCUT2D eigenvalue weighted by Gasteiger charge is 2.15. The first-order chi connectivity index (χ1) is 13.9. The van der Waals surface area contributed by atoms with Gasteiger partial charge in [-0.15, -0.1) is 16.8 Å². The largest absolute Gasteiger partial charge is 0.324 e. The van der Waals surface area contributed by atoms with Gasteiger partial charge in [-0.2, -0.15) is 0 Å². The van der Waals surface area contributed by atoms with Gasteiger partial charge in [-0.3, -0.25) is 9.36 Å². The second-order valence-electron chi connectivity index (χ2n) is 6.47. The number of rotatable bonds is 7. The molecular weight excluding hydrogens is 516 g/mol. The van der Waals surface area contributed by atoms with Crippen molar-refractivity contribution < 1.29 is 4.79 Å². The molecule has 0 bridgehead atoms. The van der Waals surface area contributed by atoms with Crippen LogP contribution in [0.15, 0.2) is 63.2 Å². The van der Waals surface area contributed by atoms with E-state index in [1.165, 1.54) is 17.3 Å². The number of aryl methyl sites for hydroxylation is 2. The van der Waals surface area contributed by atoms with Crippen LogP contribution in [0.5, 0.6) is 0 Å². The minimum Gasteiger partial charge on any atom is -0.324 e. The van der Waals surface area contributed by atoms with Crippen molar-refractivity contribution in [3.05, 3.63) is 69.1 Å².